The van der Waals surface area contributed by atoms with Gasteiger partial charge in [-0.3, -0.25) is 4.72 Å². The molecule has 28 heavy (non-hydrogen) atoms. The zero-order chi connectivity index (χ0) is 20.1. The number of H-pyrrole nitrogens is 1. The monoisotopic (exact) mass is 417 g/mol. The number of imidazole rings is 1. The van der Waals surface area contributed by atoms with E-state index in [9.17, 15) is 8.42 Å². The summed E-state index contributed by atoms with van der Waals surface area (Å²) in [7, 11) is -3.87. The zero-order valence-corrected chi connectivity index (χ0v) is 16.8. The predicted octanol–water partition coefficient (Wildman–Crippen LogP) is 3.99. The largest absolute Gasteiger partial charge is 0.360 e. The Hall–Kier alpha value is -2.91. The van der Waals surface area contributed by atoms with Crippen LogP contribution < -0.4 is 4.72 Å². The molecule has 0 bridgehead atoms. The Morgan fingerprint density at radius 3 is 2.68 bits per heavy atom. The molecule has 144 valence electrons. The molecule has 0 radical (unpaired) electrons. The summed E-state index contributed by atoms with van der Waals surface area (Å²) in [4.78, 5) is 11.9. The van der Waals surface area contributed by atoms with Gasteiger partial charge in [-0.05, 0) is 50.6 Å². The molecule has 3 aromatic heterocycles. The zero-order valence-electron chi connectivity index (χ0n) is 15.2. The minimum atomic E-state index is -3.87. The highest BCUT2D eigenvalue weighted by Crippen LogP contribution is 2.31. The molecule has 0 aliphatic carbocycles. The summed E-state index contributed by atoms with van der Waals surface area (Å²) in [5.41, 5.74) is 3.50. The molecule has 1 aromatic carbocycles. The van der Waals surface area contributed by atoms with Crippen molar-refractivity contribution < 1.29 is 12.9 Å². The van der Waals surface area contributed by atoms with Gasteiger partial charge in [0.15, 0.2) is 16.3 Å². The van der Waals surface area contributed by atoms with Crippen LogP contribution in [0.2, 0.25) is 5.02 Å². The normalized spacial score (nSPS) is 11.9. The topological polar surface area (TPSA) is 114 Å². The summed E-state index contributed by atoms with van der Waals surface area (Å²) >= 11 is 6.33. The number of rotatable bonds is 4. The van der Waals surface area contributed by atoms with Gasteiger partial charge in [-0.2, -0.15) is 0 Å². The fourth-order valence-corrected chi connectivity index (χ4v) is 4.55. The number of nitrogens with one attached hydrogen (secondary N) is 2. The van der Waals surface area contributed by atoms with Crippen LogP contribution in [0.5, 0.6) is 0 Å². The lowest BCUT2D eigenvalue weighted by molar-refractivity contribution is 0.390. The van der Waals surface area contributed by atoms with Crippen molar-refractivity contribution in [1.82, 2.24) is 20.1 Å². The van der Waals surface area contributed by atoms with Crippen molar-refractivity contribution in [2.45, 2.75) is 25.7 Å². The Balaban J connectivity index is 1.75. The average Bonchev–Trinajstić information content (AvgIpc) is 3.19. The molecule has 10 heteroatoms. The molecule has 0 aliphatic rings. The fourth-order valence-electron chi connectivity index (χ4n) is 2.97. The van der Waals surface area contributed by atoms with E-state index < -0.39 is 10.0 Å². The number of aromatic amines is 1. The third-order valence-electron chi connectivity index (χ3n) is 4.18. The molecule has 0 amide bonds. The maximum atomic E-state index is 12.7. The van der Waals surface area contributed by atoms with E-state index in [0.717, 1.165) is 11.1 Å². The van der Waals surface area contributed by atoms with Crippen LogP contribution >= 0.6 is 11.6 Å². The minimum absolute atomic E-state index is 0.0208. The molecule has 4 aromatic rings. The molecule has 0 unspecified atom stereocenters. The van der Waals surface area contributed by atoms with E-state index in [1.807, 2.05) is 13.0 Å². The lowest BCUT2D eigenvalue weighted by Crippen LogP contribution is -2.14. The number of sulfonamides is 1. The number of aromatic nitrogens is 4. The van der Waals surface area contributed by atoms with E-state index in [2.05, 4.69) is 24.8 Å². The van der Waals surface area contributed by atoms with Crippen molar-refractivity contribution in [2.75, 3.05) is 4.72 Å². The summed E-state index contributed by atoms with van der Waals surface area (Å²) in [5.74, 6) is 0.717. The van der Waals surface area contributed by atoms with Gasteiger partial charge in [0.1, 0.15) is 11.5 Å². The van der Waals surface area contributed by atoms with Crippen molar-refractivity contribution in [1.29, 1.82) is 0 Å². The van der Waals surface area contributed by atoms with Gasteiger partial charge in [-0.15, -0.1) is 0 Å². The number of pyridine rings is 1. The van der Waals surface area contributed by atoms with E-state index in [0.29, 0.717) is 27.7 Å². The first-order valence-corrected chi connectivity index (χ1v) is 10.2. The van der Waals surface area contributed by atoms with Crippen LogP contribution in [0.4, 0.5) is 5.69 Å². The van der Waals surface area contributed by atoms with Gasteiger partial charge in [-0.1, -0.05) is 16.8 Å². The number of hydrogen-bond donors (Lipinski definition) is 2. The molecule has 0 fully saturated rings. The first-order chi connectivity index (χ1) is 13.2. The maximum Gasteiger partial charge on any atom is 0.267 e. The Morgan fingerprint density at radius 2 is 1.96 bits per heavy atom. The lowest BCUT2D eigenvalue weighted by Gasteiger charge is -2.09. The summed E-state index contributed by atoms with van der Waals surface area (Å²) in [6.45, 7) is 5.05. The minimum Gasteiger partial charge on any atom is -0.360 e. The number of nitrogens with zero attached hydrogens (tertiary/aromatic N) is 3. The number of aryl methyl sites for hydroxylation is 3. The first kappa shape index (κ1) is 18.5. The van der Waals surface area contributed by atoms with E-state index in [1.165, 1.54) is 0 Å². The van der Waals surface area contributed by atoms with Gasteiger partial charge < -0.3 is 9.51 Å². The van der Waals surface area contributed by atoms with Crippen molar-refractivity contribution >= 4 is 38.5 Å². The second-order valence-corrected chi connectivity index (χ2v) is 8.45. The van der Waals surface area contributed by atoms with Gasteiger partial charge in [-0.25, -0.2) is 18.4 Å². The molecule has 0 saturated carbocycles. The van der Waals surface area contributed by atoms with Crippen molar-refractivity contribution in [3.8, 4) is 11.4 Å². The van der Waals surface area contributed by atoms with E-state index in [1.54, 1.807) is 38.2 Å². The molecule has 0 aliphatic heterocycles. The Labute approximate surface area is 166 Å². The highest BCUT2D eigenvalue weighted by atomic mass is 35.5. The highest BCUT2D eigenvalue weighted by Gasteiger charge is 2.24. The molecule has 2 N–H and O–H groups in total. The van der Waals surface area contributed by atoms with Crippen LogP contribution in [0.3, 0.4) is 0 Å². The number of hydrogen-bond acceptors (Lipinski definition) is 6. The summed E-state index contributed by atoms with van der Waals surface area (Å²) < 4.78 is 33.0. The Kier molecular flexibility index (Phi) is 4.35. The second kappa shape index (κ2) is 6.61. The molecule has 0 atom stereocenters. The standard InChI is InChI=1S/C18H16ClN5O3S/c1-9-6-15-18(20-8-9)22-17(21-15)13-7-12(4-5-14(13)19)24-28(25,26)16-10(2)23-27-11(16)3/h4-8,24H,1-3H3,(H,20,21,22). The number of fused-ring (bicyclic) bond motifs is 1. The molecule has 3 heterocycles. The van der Waals surface area contributed by atoms with Crippen LogP contribution in [-0.2, 0) is 10.0 Å². The van der Waals surface area contributed by atoms with Gasteiger partial charge in [0.05, 0.1) is 10.5 Å². The Bertz CT molecular complexity index is 1290. The smallest absolute Gasteiger partial charge is 0.267 e. The van der Waals surface area contributed by atoms with Crippen LogP contribution in [0.1, 0.15) is 17.0 Å². The Morgan fingerprint density at radius 1 is 1.18 bits per heavy atom. The first-order valence-electron chi connectivity index (χ1n) is 8.32. The fraction of sp³-hybridized carbons (Fsp3) is 0.167. The highest BCUT2D eigenvalue weighted by molar-refractivity contribution is 7.92. The summed E-state index contributed by atoms with van der Waals surface area (Å²) in [5, 5.41) is 4.12. The van der Waals surface area contributed by atoms with Gasteiger partial charge in [0, 0.05) is 17.4 Å². The molecule has 0 spiro atoms. The third kappa shape index (κ3) is 3.23. The van der Waals surface area contributed by atoms with Gasteiger partial charge in [0.25, 0.3) is 10.0 Å². The van der Waals surface area contributed by atoms with Crippen LogP contribution in [0.25, 0.3) is 22.6 Å². The van der Waals surface area contributed by atoms with Crippen LogP contribution in [0, 0.1) is 20.8 Å². The number of benzene rings is 1. The number of halogens is 1. The van der Waals surface area contributed by atoms with E-state index in [-0.39, 0.29) is 16.3 Å². The van der Waals surface area contributed by atoms with Crippen LogP contribution in [0.15, 0.2) is 39.9 Å². The summed E-state index contributed by atoms with van der Waals surface area (Å²) in [6.07, 6.45) is 1.72. The molecule has 4 rings (SSSR count). The van der Waals surface area contributed by atoms with Crippen molar-refractivity contribution in [3.05, 3.63) is 52.5 Å². The molecule has 0 saturated heterocycles. The van der Waals surface area contributed by atoms with Gasteiger partial charge in [0.2, 0.25) is 0 Å². The SMILES string of the molecule is Cc1cnc2nc(-c3cc(NS(=O)(=O)c4c(C)noc4C)ccc3Cl)[nH]c2c1. The second-order valence-electron chi connectivity index (χ2n) is 6.42. The lowest BCUT2D eigenvalue weighted by atomic mass is 10.2. The average molecular weight is 418 g/mol. The van der Waals surface area contributed by atoms with Crippen molar-refractivity contribution in [2.24, 2.45) is 0 Å². The van der Waals surface area contributed by atoms with E-state index in [4.69, 9.17) is 16.1 Å². The van der Waals surface area contributed by atoms with Gasteiger partial charge >= 0.3 is 0 Å². The maximum absolute atomic E-state index is 12.7. The van der Waals surface area contributed by atoms with Crippen molar-refractivity contribution in [3.63, 3.8) is 0 Å². The number of anilines is 1. The van der Waals surface area contributed by atoms with E-state index >= 15 is 0 Å². The third-order valence-corrected chi connectivity index (χ3v) is 6.14. The molecular weight excluding hydrogens is 402 g/mol. The molecular formula is C18H16ClN5O3S. The molecule has 8 nitrogen and oxygen atoms in total. The summed E-state index contributed by atoms with van der Waals surface area (Å²) in [6, 6.07) is 6.72. The predicted molar refractivity (Wildman–Crippen MR) is 106 cm³/mol. The van der Waals surface area contributed by atoms with Crippen LogP contribution in [-0.4, -0.2) is 28.5 Å². The quantitative estimate of drug-likeness (QED) is 0.518.